The van der Waals surface area contributed by atoms with Gasteiger partial charge in [-0.3, -0.25) is 4.79 Å². The topological polar surface area (TPSA) is 91.8 Å². The molecule has 0 saturated carbocycles. The molecule has 2 N–H and O–H groups in total. The van der Waals surface area contributed by atoms with Gasteiger partial charge in [-0.2, -0.15) is 24.9 Å². The molecule has 0 radical (unpaired) electrons. The summed E-state index contributed by atoms with van der Waals surface area (Å²) in [6.07, 6.45) is -2.76. The van der Waals surface area contributed by atoms with Crippen molar-refractivity contribution in [2.45, 2.75) is 18.6 Å². The predicted octanol–water partition coefficient (Wildman–Crippen LogP) is 1.59. The summed E-state index contributed by atoms with van der Waals surface area (Å²) in [5, 5.41) is -0.162. The van der Waals surface area contributed by atoms with Gasteiger partial charge in [0.1, 0.15) is 23.1 Å². The van der Waals surface area contributed by atoms with Crippen LogP contribution in [0.25, 0.3) is 11.0 Å². The van der Waals surface area contributed by atoms with Crippen molar-refractivity contribution >= 4 is 28.7 Å². The van der Waals surface area contributed by atoms with E-state index in [-0.39, 0.29) is 29.3 Å². The number of nitrogens with two attached hydrogens (primary N) is 1. The number of hydrogen-bond acceptors (Lipinski definition) is 7. The number of hydrogen-bond donors (Lipinski definition) is 1. The van der Waals surface area contributed by atoms with Crippen molar-refractivity contribution in [3.63, 3.8) is 0 Å². The first-order valence-electron chi connectivity index (χ1n) is 9.08. The van der Waals surface area contributed by atoms with Gasteiger partial charge in [-0.1, -0.05) is 18.2 Å². The van der Waals surface area contributed by atoms with E-state index in [1.165, 1.54) is 36.0 Å². The number of esters is 1. The van der Waals surface area contributed by atoms with Crippen LogP contribution in [0, 0.1) is 0 Å². The number of alkyl halides is 3. The van der Waals surface area contributed by atoms with Crippen LogP contribution in [0.4, 0.5) is 13.2 Å². The summed E-state index contributed by atoms with van der Waals surface area (Å²) < 4.78 is 56.0. The van der Waals surface area contributed by atoms with Gasteiger partial charge in [-0.05, 0) is 42.7 Å². The largest absolute Gasteiger partial charge is 1.00 e. The summed E-state index contributed by atoms with van der Waals surface area (Å²) >= 11 is 1.51. The summed E-state index contributed by atoms with van der Waals surface area (Å²) in [7, 11) is 0. The highest BCUT2D eigenvalue weighted by Gasteiger charge is 2.40. The van der Waals surface area contributed by atoms with Crippen molar-refractivity contribution in [1.29, 1.82) is 0 Å². The van der Waals surface area contributed by atoms with Gasteiger partial charge in [0.25, 0.3) is 5.76 Å². The molecule has 1 heterocycles. The number of benzene rings is 2. The molecular weight excluding hydrogens is 471 g/mol. The maximum absolute atomic E-state index is 13.6. The van der Waals surface area contributed by atoms with E-state index in [9.17, 15) is 22.8 Å². The Hall–Kier alpha value is -2.69. The molecule has 32 heavy (non-hydrogen) atoms. The number of carbonyl (C=O) groups is 1. The minimum atomic E-state index is -5.00. The third kappa shape index (κ3) is 5.96. The lowest BCUT2D eigenvalue weighted by Gasteiger charge is -2.14. The Bertz CT molecular complexity index is 1140. The molecule has 0 spiro atoms. The average molecular weight is 489 g/mol. The second-order valence-corrected chi connectivity index (χ2v) is 7.45. The number of carbonyl (C=O) groups excluding carboxylic acids is 1. The van der Waals surface area contributed by atoms with E-state index in [1.807, 2.05) is 6.26 Å². The molecule has 2 aromatic carbocycles. The van der Waals surface area contributed by atoms with E-state index < -0.39 is 40.7 Å². The molecule has 0 amide bonds. The molecule has 0 fully saturated rings. The lowest BCUT2D eigenvalue weighted by atomic mass is 10.2. The van der Waals surface area contributed by atoms with E-state index in [0.717, 1.165) is 6.07 Å². The minimum absolute atomic E-state index is 0. The zero-order valence-corrected chi connectivity index (χ0v) is 18.2. The minimum Gasteiger partial charge on any atom is -1.00 e. The lowest BCUT2D eigenvalue weighted by Crippen LogP contribution is -3.00. The van der Waals surface area contributed by atoms with Gasteiger partial charge in [0.2, 0.25) is 11.2 Å². The maximum atomic E-state index is 13.6. The summed E-state index contributed by atoms with van der Waals surface area (Å²) in [5.74, 6) is -2.71. The molecule has 1 atom stereocenters. The molecule has 6 nitrogen and oxygen atoms in total. The van der Waals surface area contributed by atoms with Crippen LogP contribution in [0.15, 0.2) is 57.7 Å². The van der Waals surface area contributed by atoms with Gasteiger partial charge >= 0.3 is 12.1 Å². The van der Waals surface area contributed by atoms with Crippen molar-refractivity contribution in [3.8, 4) is 17.2 Å². The second kappa shape index (κ2) is 10.8. The van der Waals surface area contributed by atoms with Crippen molar-refractivity contribution in [3.05, 3.63) is 64.5 Å². The summed E-state index contributed by atoms with van der Waals surface area (Å²) in [6, 6.07) is 10.2. The van der Waals surface area contributed by atoms with Gasteiger partial charge in [0.15, 0.2) is 0 Å². The summed E-state index contributed by atoms with van der Waals surface area (Å²) in [5.41, 5.74) is 4.33. The third-order valence-corrected chi connectivity index (χ3v) is 4.84. The molecule has 0 saturated heterocycles. The quantitative estimate of drug-likeness (QED) is 0.399. The molecule has 0 aliphatic rings. The normalized spacial score (nSPS) is 12.2. The van der Waals surface area contributed by atoms with Crippen molar-refractivity contribution in [2.24, 2.45) is 5.73 Å². The Kier molecular flexibility index (Phi) is 8.59. The van der Waals surface area contributed by atoms with Crippen LogP contribution in [0.3, 0.4) is 0 Å². The molecule has 172 valence electrons. The van der Waals surface area contributed by atoms with Crippen molar-refractivity contribution in [2.75, 3.05) is 12.0 Å². The molecule has 0 bridgehead atoms. The third-order valence-electron chi connectivity index (χ3n) is 4.20. The first-order chi connectivity index (χ1) is 14.7. The smallest absolute Gasteiger partial charge is 0.453 e. The molecule has 0 aliphatic heterocycles. The Morgan fingerprint density at radius 3 is 2.47 bits per heavy atom. The Morgan fingerprint density at radius 1 is 1.16 bits per heavy atom. The van der Waals surface area contributed by atoms with Gasteiger partial charge in [0.05, 0.1) is 5.39 Å². The van der Waals surface area contributed by atoms with Gasteiger partial charge in [-0.15, -0.1) is 0 Å². The fourth-order valence-electron chi connectivity index (χ4n) is 2.66. The number of rotatable bonds is 7. The number of para-hydroxylation sites is 1. The first kappa shape index (κ1) is 25.6. The van der Waals surface area contributed by atoms with Crippen LogP contribution in [0.2, 0.25) is 0 Å². The lowest BCUT2D eigenvalue weighted by molar-refractivity contribution is -0.154. The fraction of sp³-hybridized carbons (Fsp3) is 0.238. The fourth-order valence-corrected chi connectivity index (χ4v) is 3.15. The molecule has 11 heteroatoms. The molecule has 1 aromatic heterocycles. The van der Waals surface area contributed by atoms with Gasteiger partial charge < -0.3 is 32.0 Å². The molecule has 3 rings (SSSR count). The monoisotopic (exact) mass is 488 g/mol. The number of halogens is 4. The van der Waals surface area contributed by atoms with Crippen LogP contribution in [-0.2, 0) is 11.0 Å². The zero-order valence-electron chi connectivity index (χ0n) is 16.6. The highest BCUT2D eigenvalue weighted by Crippen LogP contribution is 2.38. The SMILES string of the molecule is CSCCC(N)C(=O)Oc1ccc2c(=O)c(Oc3ccccc3)c(C(F)(F)F)oc2c1.[Cl-]. The average Bonchev–Trinajstić information content (AvgIpc) is 2.73. The highest BCUT2D eigenvalue weighted by molar-refractivity contribution is 7.98. The second-order valence-electron chi connectivity index (χ2n) is 6.47. The molecule has 1 unspecified atom stereocenters. The molecule has 3 aromatic rings. The first-order valence-corrected chi connectivity index (χ1v) is 10.5. The summed E-state index contributed by atoms with van der Waals surface area (Å²) in [6.45, 7) is 0. The van der Waals surface area contributed by atoms with Crippen LogP contribution >= 0.6 is 11.8 Å². The van der Waals surface area contributed by atoms with Gasteiger partial charge in [-0.25, -0.2) is 4.79 Å². The standard InChI is InChI=1S/C21H18F3NO5S.ClH/c1-31-10-9-15(25)20(27)29-13-7-8-14-16(11-13)30-19(21(22,23)24)18(17(14)26)28-12-5-3-2-4-6-12;/h2-8,11,15H,9-10,25H2,1H3;1H/p-1. The zero-order chi connectivity index (χ0) is 22.6. The predicted molar refractivity (Wildman–Crippen MR) is 111 cm³/mol. The van der Waals surface area contributed by atoms with E-state index >= 15 is 0 Å². The van der Waals surface area contributed by atoms with E-state index in [1.54, 1.807) is 18.2 Å². The molecular formula is C21H18ClF3NO5S-. The van der Waals surface area contributed by atoms with E-state index in [2.05, 4.69) is 0 Å². The van der Waals surface area contributed by atoms with Crippen LogP contribution in [0.1, 0.15) is 12.2 Å². The van der Waals surface area contributed by atoms with Gasteiger partial charge in [0, 0.05) is 6.07 Å². The number of thioether (sulfide) groups is 1. The van der Waals surface area contributed by atoms with Crippen molar-refractivity contribution in [1.82, 2.24) is 0 Å². The maximum Gasteiger partial charge on any atom is 0.453 e. The number of ether oxygens (including phenoxy) is 2. The van der Waals surface area contributed by atoms with Crippen LogP contribution in [-0.4, -0.2) is 24.0 Å². The molecule has 0 aliphatic carbocycles. The Morgan fingerprint density at radius 2 is 1.84 bits per heavy atom. The van der Waals surface area contributed by atoms with E-state index in [4.69, 9.17) is 19.6 Å². The highest BCUT2D eigenvalue weighted by atomic mass is 35.5. The van der Waals surface area contributed by atoms with Crippen molar-refractivity contribution < 1.29 is 44.3 Å². The Balaban J connectivity index is 0.00000363. The van der Waals surface area contributed by atoms with E-state index in [0.29, 0.717) is 12.2 Å². The number of fused-ring (bicyclic) bond motifs is 1. The Labute approximate surface area is 191 Å². The van der Waals surface area contributed by atoms with Crippen LogP contribution in [0.5, 0.6) is 17.2 Å². The summed E-state index contributed by atoms with van der Waals surface area (Å²) in [4.78, 5) is 24.8. The van der Waals surface area contributed by atoms with Crippen LogP contribution < -0.4 is 33.0 Å².